The first-order valence-corrected chi connectivity index (χ1v) is 6.56. The Balaban J connectivity index is 2.36. The van der Waals surface area contributed by atoms with Gasteiger partial charge in [-0.15, -0.1) is 0 Å². The van der Waals surface area contributed by atoms with E-state index in [1.165, 1.54) is 5.75 Å². The van der Waals surface area contributed by atoms with Crippen molar-refractivity contribution in [1.82, 2.24) is 9.97 Å². The third kappa shape index (κ3) is 4.88. The Labute approximate surface area is 95.3 Å². The van der Waals surface area contributed by atoms with Crippen LogP contribution in [0.4, 0.5) is 11.8 Å². The van der Waals surface area contributed by atoms with Gasteiger partial charge in [0.1, 0.15) is 5.82 Å². The Morgan fingerprint density at radius 2 is 2.27 bits per heavy atom. The van der Waals surface area contributed by atoms with Crippen LogP contribution in [0.2, 0.25) is 0 Å². The average Bonchev–Trinajstić information content (AvgIpc) is 2.26. The number of hydrogen-bond donors (Lipinski definition) is 2. The Morgan fingerprint density at radius 3 is 3.00 bits per heavy atom. The topological polar surface area (TPSA) is 49.8 Å². The summed E-state index contributed by atoms with van der Waals surface area (Å²) in [6.45, 7) is 3.83. The van der Waals surface area contributed by atoms with Gasteiger partial charge in [0.15, 0.2) is 0 Å². The van der Waals surface area contributed by atoms with E-state index in [1.54, 1.807) is 6.20 Å². The fourth-order valence-electron chi connectivity index (χ4n) is 1.13. The average molecular weight is 226 g/mol. The monoisotopic (exact) mass is 226 g/mol. The summed E-state index contributed by atoms with van der Waals surface area (Å²) in [6, 6.07) is 1.89. The van der Waals surface area contributed by atoms with E-state index in [4.69, 9.17) is 0 Å². The molecule has 4 nitrogen and oxygen atoms in total. The molecule has 1 heterocycles. The molecule has 2 N–H and O–H groups in total. The van der Waals surface area contributed by atoms with Gasteiger partial charge < -0.3 is 10.6 Å². The van der Waals surface area contributed by atoms with Crippen LogP contribution in [-0.2, 0) is 0 Å². The fourth-order valence-corrected chi connectivity index (χ4v) is 1.57. The fraction of sp³-hybridized carbons (Fsp3) is 0.600. The van der Waals surface area contributed by atoms with E-state index in [2.05, 4.69) is 26.9 Å². The zero-order chi connectivity index (χ0) is 10.9. The summed E-state index contributed by atoms with van der Waals surface area (Å²) in [6.07, 6.45) is 5.04. The molecule has 1 aromatic rings. The summed E-state index contributed by atoms with van der Waals surface area (Å²) in [7, 11) is 0. The maximum Gasteiger partial charge on any atom is 0.224 e. The molecule has 0 spiro atoms. The van der Waals surface area contributed by atoms with Gasteiger partial charge in [-0.05, 0) is 31.4 Å². The third-order valence-electron chi connectivity index (χ3n) is 1.82. The standard InChI is InChI=1S/C10H18N4S/c1-3-11-10-13-7-5-9(14-10)12-6-4-8-15-2/h5,7H,3-4,6,8H2,1-2H3,(H2,11,12,13,14). The zero-order valence-electron chi connectivity index (χ0n) is 9.29. The molecule has 0 aliphatic carbocycles. The first-order chi connectivity index (χ1) is 7.36. The predicted octanol–water partition coefficient (Wildman–Crippen LogP) is 2.07. The number of thioether (sulfide) groups is 1. The minimum absolute atomic E-state index is 0.687. The molecule has 1 aromatic heterocycles. The van der Waals surface area contributed by atoms with Crippen LogP contribution in [0.5, 0.6) is 0 Å². The first kappa shape index (κ1) is 12.1. The Kier molecular flexibility index (Phi) is 5.92. The van der Waals surface area contributed by atoms with Crippen molar-refractivity contribution in [2.75, 3.05) is 35.7 Å². The molecule has 0 bridgehead atoms. The van der Waals surface area contributed by atoms with Crippen LogP contribution in [0.3, 0.4) is 0 Å². The van der Waals surface area contributed by atoms with E-state index < -0.39 is 0 Å². The van der Waals surface area contributed by atoms with Gasteiger partial charge in [0.25, 0.3) is 0 Å². The molecule has 1 rings (SSSR count). The minimum Gasteiger partial charge on any atom is -0.370 e. The number of nitrogens with zero attached hydrogens (tertiary/aromatic N) is 2. The van der Waals surface area contributed by atoms with Gasteiger partial charge in [-0.1, -0.05) is 0 Å². The van der Waals surface area contributed by atoms with E-state index in [9.17, 15) is 0 Å². The SMILES string of the molecule is CCNc1nccc(NCCCSC)n1. The zero-order valence-corrected chi connectivity index (χ0v) is 10.1. The molecule has 0 unspecified atom stereocenters. The van der Waals surface area contributed by atoms with Gasteiger partial charge in [0.05, 0.1) is 0 Å². The molecule has 0 saturated carbocycles. The molecule has 0 saturated heterocycles. The van der Waals surface area contributed by atoms with Crippen LogP contribution < -0.4 is 10.6 Å². The number of aromatic nitrogens is 2. The third-order valence-corrected chi connectivity index (χ3v) is 2.52. The van der Waals surface area contributed by atoms with Crippen molar-refractivity contribution >= 4 is 23.5 Å². The van der Waals surface area contributed by atoms with Gasteiger partial charge in [-0.2, -0.15) is 16.7 Å². The molecule has 0 fully saturated rings. The van der Waals surface area contributed by atoms with Crippen molar-refractivity contribution in [1.29, 1.82) is 0 Å². The molecular formula is C10H18N4S. The molecule has 0 aliphatic heterocycles. The normalized spacial score (nSPS) is 10.0. The van der Waals surface area contributed by atoms with Crippen LogP contribution in [0.25, 0.3) is 0 Å². The Hall–Kier alpha value is -0.970. The number of rotatable bonds is 7. The molecule has 84 valence electrons. The summed E-state index contributed by atoms with van der Waals surface area (Å²) in [5.41, 5.74) is 0. The Bertz CT molecular complexity index is 280. The van der Waals surface area contributed by atoms with E-state index in [0.29, 0.717) is 5.95 Å². The summed E-state index contributed by atoms with van der Waals surface area (Å²) >= 11 is 1.86. The van der Waals surface area contributed by atoms with Gasteiger partial charge in [-0.3, -0.25) is 0 Å². The smallest absolute Gasteiger partial charge is 0.224 e. The molecule has 5 heteroatoms. The maximum atomic E-state index is 4.32. The summed E-state index contributed by atoms with van der Waals surface area (Å²) in [4.78, 5) is 8.43. The molecule has 0 amide bonds. The van der Waals surface area contributed by atoms with Crippen molar-refractivity contribution in [3.8, 4) is 0 Å². The van der Waals surface area contributed by atoms with Gasteiger partial charge >= 0.3 is 0 Å². The molecule has 0 atom stereocenters. The molecule has 0 aliphatic rings. The number of anilines is 2. The van der Waals surface area contributed by atoms with Crippen molar-refractivity contribution < 1.29 is 0 Å². The quantitative estimate of drug-likeness (QED) is 0.697. The minimum atomic E-state index is 0.687. The van der Waals surface area contributed by atoms with Crippen LogP contribution in [0.15, 0.2) is 12.3 Å². The predicted molar refractivity (Wildman–Crippen MR) is 67.7 cm³/mol. The highest BCUT2D eigenvalue weighted by atomic mass is 32.2. The molecule has 15 heavy (non-hydrogen) atoms. The number of hydrogen-bond acceptors (Lipinski definition) is 5. The van der Waals surface area contributed by atoms with Gasteiger partial charge in [0.2, 0.25) is 5.95 Å². The van der Waals surface area contributed by atoms with Crippen LogP contribution in [0.1, 0.15) is 13.3 Å². The number of nitrogens with one attached hydrogen (secondary N) is 2. The summed E-state index contributed by atoms with van der Waals surface area (Å²) in [5, 5.41) is 6.36. The van der Waals surface area contributed by atoms with Gasteiger partial charge in [-0.25, -0.2) is 4.98 Å². The summed E-state index contributed by atoms with van der Waals surface area (Å²) in [5.74, 6) is 2.76. The lowest BCUT2D eigenvalue weighted by molar-refractivity contribution is 0.974. The van der Waals surface area contributed by atoms with Crippen LogP contribution >= 0.6 is 11.8 Å². The lowest BCUT2D eigenvalue weighted by atomic mass is 10.4. The van der Waals surface area contributed by atoms with Crippen molar-refractivity contribution in [2.45, 2.75) is 13.3 Å². The molecule has 0 radical (unpaired) electrons. The van der Waals surface area contributed by atoms with Crippen molar-refractivity contribution in [3.63, 3.8) is 0 Å². The molecule has 0 aromatic carbocycles. The highest BCUT2D eigenvalue weighted by Crippen LogP contribution is 2.05. The Morgan fingerprint density at radius 1 is 1.40 bits per heavy atom. The molecular weight excluding hydrogens is 208 g/mol. The van der Waals surface area contributed by atoms with E-state index in [-0.39, 0.29) is 0 Å². The largest absolute Gasteiger partial charge is 0.370 e. The highest BCUT2D eigenvalue weighted by Gasteiger charge is 1.96. The summed E-state index contributed by atoms with van der Waals surface area (Å²) < 4.78 is 0. The lowest BCUT2D eigenvalue weighted by Gasteiger charge is -2.06. The lowest BCUT2D eigenvalue weighted by Crippen LogP contribution is -2.07. The van der Waals surface area contributed by atoms with Crippen molar-refractivity contribution in [3.05, 3.63) is 12.3 Å². The maximum absolute atomic E-state index is 4.32. The van der Waals surface area contributed by atoms with E-state index in [1.807, 2.05) is 24.8 Å². The van der Waals surface area contributed by atoms with Crippen molar-refractivity contribution in [2.24, 2.45) is 0 Å². The highest BCUT2D eigenvalue weighted by molar-refractivity contribution is 7.98. The van der Waals surface area contributed by atoms with Gasteiger partial charge in [0, 0.05) is 19.3 Å². The van der Waals surface area contributed by atoms with E-state index in [0.717, 1.165) is 25.3 Å². The van der Waals surface area contributed by atoms with E-state index >= 15 is 0 Å². The second kappa shape index (κ2) is 7.34. The van der Waals surface area contributed by atoms with Crippen LogP contribution in [0, 0.1) is 0 Å². The second-order valence-corrected chi connectivity index (χ2v) is 4.05. The second-order valence-electron chi connectivity index (χ2n) is 3.07. The van der Waals surface area contributed by atoms with Crippen LogP contribution in [-0.4, -0.2) is 35.1 Å². The first-order valence-electron chi connectivity index (χ1n) is 5.16.